The number of rotatable bonds is 2. The van der Waals surface area contributed by atoms with Gasteiger partial charge in [-0.25, -0.2) is 4.98 Å². The number of thiazole rings is 1. The lowest BCUT2D eigenvalue weighted by Crippen LogP contribution is -2.25. The van der Waals surface area contributed by atoms with E-state index in [1.165, 1.54) is 11.3 Å². The molecule has 0 amide bonds. The number of hydrogen-bond donors (Lipinski definition) is 1. The van der Waals surface area contributed by atoms with E-state index in [0.29, 0.717) is 4.34 Å². The summed E-state index contributed by atoms with van der Waals surface area (Å²) in [4.78, 5) is 4.19. The lowest BCUT2D eigenvalue weighted by Gasteiger charge is -2.28. The molecule has 2 atom stereocenters. The molecule has 78 valence electrons. The summed E-state index contributed by atoms with van der Waals surface area (Å²) in [6.45, 7) is 0.903. The first-order valence-corrected chi connectivity index (χ1v) is 5.84. The van der Waals surface area contributed by atoms with Crippen molar-refractivity contribution in [3.05, 3.63) is 15.5 Å². The second-order valence-corrected chi connectivity index (χ2v) is 5.07. The standard InChI is InChI=1S/C9H12ClNO2S/c10-7-4-11-9(14-7)8-6(5-12)2-1-3-13-8/h4,6,8,12H,1-3,5H2. The Balaban J connectivity index is 2.14. The maximum absolute atomic E-state index is 9.19. The summed E-state index contributed by atoms with van der Waals surface area (Å²) in [5, 5.41) is 10.1. The highest BCUT2D eigenvalue weighted by Crippen LogP contribution is 2.36. The zero-order valence-corrected chi connectivity index (χ0v) is 9.22. The molecule has 2 heterocycles. The molecule has 2 unspecified atom stereocenters. The van der Waals surface area contributed by atoms with E-state index in [-0.39, 0.29) is 18.6 Å². The molecule has 0 spiro atoms. The van der Waals surface area contributed by atoms with E-state index in [9.17, 15) is 5.11 Å². The van der Waals surface area contributed by atoms with Crippen LogP contribution in [0.5, 0.6) is 0 Å². The first-order valence-electron chi connectivity index (χ1n) is 4.65. The van der Waals surface area contributed by atoms with Crippen molar-refractivity contribution in [3.8, 4) is 0 Å². The van der Waals surface area contributed by atoms with Crippen molar-refractivity contribution in [2.24, 2.45) is 5.92 Å². The van der Waals surface area contributed by atoms with Gasteiger partial charge in [0.25, 0.3) is 0 Å². The Kier molecular flexibility index (Phi) is 3.38. The highest BCUT2D eigenvalue weighted by Gasteiger charge is 2.29. The summed E-state index contributed by atoms with van der Waals surface area (Å²) >= 11 is 7.24. The van der Waals surface area contributed by atoms with Crippen LogP contribution in [0, 0.1) is 5.92 Å². The van der Waals surface area contributed by atoms with E-state index in [0.717, 1.165) is 24.5 Å². The number of halogens is 1. The van der Waals surface area contributed by atoms with Gasteiger partial charge in [-0.05, 0) is 12.8 Å². The van der Waals surface area contributed by atoms with Gasteiger partial charge in [0.05, 0.1) is 6.20 Å². The van der Waals surface area contributed by atoms with Gasteiger partial charge in [-0.15, -0.1) is 11.3 Å². The molecular weight excluding hydrogens is 222 g/mol. The second kappa shape index (κ2) is 4.57. The fourth-order valence-corrected chi connectivity index (χ4v) is 2.77. The SMILES string of the molecule is OCC1CCCOC1c1ncc(Cl)s1. The molecule has 1 aliphatic rings. The van der Waals surface area contributed by atoms with Crippen molar-refractivity contribution in [1.29, 1.82) is 0 Å². The molecule has 14 heavy (non-hydrogen) atoms. The Labute approximate surface area is 91.7 Å². The van der Waals surface area contributed by atoms with Crippen LogP contribution in [0.4, 0.5) is 0 Å². The van der Waals surface area contributed by atoms with E-state index in [2.05, 4.69) is 4.98 Å². The minimum Gasteiger partial charge on any atom is -0.396 e. The molecular formula is C9H12ClNO2S. The van der Waals surface area contributed by atoms with E-state index in [1.54, 1.807) is 6.20 Å². The van der Waals surface area contributed by atoms with Crippen molar-refractivity contribution in [1.82, 2.24) is 4.98 Å². The molecule has 0 bridgehead atoms. The minimum absolute atomic E-state index is 0.0637. The Hall–Kier alpha value is -0.160. The zero-order chi connectivity index (χ0) is 9.97. The quantitative estimate of drug-likeness (QED) is 0.852. The number of aliphatic hydroxyl groups excluding tert-OH is 1. The van der Waals surface area contributed by atoms with Crippen LogP contribution in [0.3, 0.4) is 0 Å². The molecule has 1 aromatic heterocycles. The number of hydrogen-bond acceptors (Lipinski definition) is 4. The lowest BCUT2D eigenvalue weighted by molar-refractivity contribution is -0.0457. The average Bonchev–Trinajstić information content (AvgIpc) is 2.65. The molecule has 1 aliphatic heterocycles. The molecule has 5 heteroatoms. The third-order valence-corrected chi connectivity index (χ3v) is 3.59. The summed E-state index contributed by atoms with van der Waals surface area (Å²) in [5.41, 5.74) is 0. The fraction of sp³-hybridized carbons (Fsp3) is 0.667. The molecule has 1 N–H and O–H groups in total. The highest BCUT2D eigenvalue weighted by atomic mass is 35.5. The van der Waals surface area contributed by atoms with Gasteiger partial charge in [0.2, 0.25) is 0 Å². The van der Waals surface area contributed by atoms with Gasteiger partial charge in [-0.2, -0.15) is 0 Å². The Morgan fingerprint density at radius 2 is 2.57 bits per heavy atom. The van der Waals surface area contributed by atoms with E-state index in [4.69, 9.17) is 16.3 Å². The van der Waals surface area contributed by atoms with Crippen LogP contribution in [-0.4, -0.2) is 23.3 Å². The number of nitrogens with zero attached hydrogens (tertiary/aromatic N) is 1. The van der Waals surface area contributed by atoms with Crippen LogP contribution in [0.2, 0.25) is 4.34 Å². The zero-order valence-electron chi connectivity index (χ0n) is 7.65. The molecule has 0 aliphatic carbocycles. The molecule has 1 fully saturated rings. The summed E-state index contributed by atoms with van der Waals surface area (Å²) < 4.78 is 6.28. The molecule has 1 saturated heterocycles. The van der Waals surface area contributed by atoms with Crippen molar-refractivity contribution >= 4 is 22.9 Å². The first-order chi connectivity index (χ1) is 6.81. The van der Waals surface area contributed by atoms with Crippen LogP contribution in [0.25, 0.3) is 0 Å². The van der Waals surface area contributed by atoms with Crippen molar-refractivity contribution in [2.45, 2.75) is 18.9 Å². The number of aromatic nitrogens is 1. The second-order valence-electron chi connectivity index (χ2n) is 3.38. The van der Waals surface area contributed by atoms with Gasteiger partial charge in [0, 0.05) is 19.1 Å². The fourth-order valence-electron chi connectivity index (χ4n) is 1.70. The summed E-state index contributed by atoms with van der Waals surface area (Å²) in [5.74, 6) is 0.172. The van der Waals surface area contributed by atoms with Crippen molar-refractivity contribution in [2.75, 3.05) is 13.2 Å². The summed E-state index contributed by atoms with van der Waals surface area (Å²) in [7, 11) is 0. The average molecular weight is 234 g/mol. The van der Waals surface area contributed by atoms with Gasteiger partial charge >= 0.3 is 0 Å². The van der Waals surface area contributed by atoms with Gasteiger partial charge < -0.3 is 9.84 Å². The Morgan fingerprint density at radius 1 is 1.71 bits per heavy atom. The molecule has 0 radical (unpaired) electrons. The molecule has 1 aromatic rings. The maximum Gasteiger partial charge on any atom is 0.123 e. The topological polar surface area (TPSA) is 42.4 Å². The van der Waals surface area contributed by atoms with E-state index in [1.807, 2.05) is 0 Å². The number of ether oxygens (including phenoxy) is 1. The predicted octanol–water partition coefficient (Wildman–Crippen LogP) is 2.26. The van der Waals surface area contributed by atoms with Crippen LogP contribution in [0.1, 0.15) is 24.0 Å². The monoisotopic (exact) mass is 233 g/mol. The third kappa shape index (κ3) is 2.08. The van der Waals surface area contributed by atoms with Crippen molar-refractivity contribution < 1.29 is 9.84 Å². The van der Waals surface area contributed by atoms with Gasteiger partial charge in [0.15, 0.2) is 0 Å². The molecule has 3 nitrogen and oxygen atoms in total. The first kappa shape index (κ1) is 10.4. The summed E-state index contributed by atoms with van der Waals surface area (Å²) in [6.07, 6.45) is 3.58. The molecule has 0 aromatic carbocycles. The molecule has 2 rings (SSSR count). The Bertz CT molecular complexity index is 305. The predicted molar refractivity (Wildman–Crippen MR) is 55.6 cm³/mol. The van der Waals surface area contributed by atoms with Crippen LogP contribution >= 0.6 is 22.9 Å². The largest absolute Gasteiger partial charge is 0.396 e. The normalized spacial score (nSPS) is 27.9. The van der Waals surface area contributed by atoms with Gasteiger partial charge in [-0.3, -0.25) is 0 Å². The maximum atomic E-state index is 9.19. The Morgan fingerprint density at radius 3 is 3.21 bits per heavy atom. The lowest BCUT2D eigenvalue weighted by atomic mass is 9.96. The van der Waals surface area contributed by atoms with Gasteiger partial charge in [0.1, 0.15) is 15.4 Å². The highest BCUT2D eigenvalue weighted by molar-refractivity contribution is 7.15. The summed E-state index contributed by atoms with van der Waals surface area (Å²) in [6, 6.07) is 0. The van der Waals surface area contributed by atoms with E-state index >= 15 is 0 Å². The smallest absolute Gasteiger partial charge is 0.123 e. The van der Waals surface area contributed by atoms with Gasteiger partial charge in [-0.1, -0.05) is 11.6 Å². The minimum atomic E-state index is -0.0637. The number of aliphatic hydroxyl groups is 1. The van der Waals surface area contributed by atoms with Crippen LogP contribution in [0.15, 0.2) is 6.20 Å². The van der Waals surface area contributed by atoms with Crippen LogP contribution in [-0.2, 0) is 4.74 Å². The van der Waals surface area contributed by atoms with Crippen LogP contribution < -0.4 is 0 Å². The van der Waals surface area contributed by atoms with E-state index < -0.39 is 0 Å². The third-order valence-electron chi connectivity index (χ3n) is 2.42. The van der Waals surface area contributed by atoms with Crippen molar-refractivity contribution in [3.63, 3.8) is 0 Å². The molecule has 0 saturated carbocycles.